The SMILES string of the molecule is Cc1cc(CN(C)C(=O)Nc2cccc(S(=O)(=O)N3CCOCC3)c2)no1. The Balaban J connectivity index is 1.68. The summed E-state index contributed by atoms with van der Waals surface area (Å²) in [6.45, 7) is 3.44. The van der Waals surface area contributed by atoms with E-state index < -0.39 is 10.0 Å². The van der Waals surface area contributed by atoms with E-state index in [1.54, 1.807) is 32.2 Å². The molecule has 1 aromatic carbocycles. The Morgan fingerprint density at radius 3 is 2.70 bits per heavy atom. The number of morpholine rings is 1. The first-order valence-corrected chi connectivity index (χ1v) is 9.92. The number of nitrogens with one attached hydrogen (secondary N) is 1. The average Bonchev–Trinajstić information content (AvgIpc) is 3.07. The maximum absolute atomic E-state index is 12.7. The van der Waals surface area contributed by atoms with Gasteiger partial charge < -0.3 is 19.5 Å². The van der Waals surface area contributed by atoms with Gasteiger partial charge in [0.05, 0.1) is 24.7 Å². The van der Waals surface area contributed by atoms with Gasteiger partial charge in [-0.1, -0.05) is 11.2 Å². The van der Waals surface area contributed by atoms with E-state index >= 15 is 0 Å². The number of nitrogens with zero attached hydrogens (tertiary/aromatic N) is 3. The van der Waals surface area contributed by atoms with Gasteiger partial charge in [-0.2, -0.15) is 4.31 Å². The van der Waals surface area contributed by atoms with E-state index in [-0.39, 0.29) is 17.5 Å². The van der Waals surface area contributed by atoms with Crippen LogP contribution in [0.4, 0.5) is 10.5 Å². The molecule has 27 heavy (non-hydrogen) atoms. The summed E-state index contributed by atoms with van der Waals surface area (Å²) in [7, 11) is -2.00. The first-order chi connectivity index (χ1) is 12.9. The molecule has 0 atom stereocenters. The second kappa shape index (κ2) is 8.07. The van der Waals surface area contributed by atoms with Gasteiger partial charge in [0.15, 0.2) is 0 Å². The number of carbonyl (C=O) groups excluding carboxylic acids is 1. The van der Waals surface area contributed by atoms with Crippen LogP contribution in [0.5, 0.6) is 0 Å². The van der Waals surface area contributed by atoms with Crippen molar-refractivity contribution in [2.24, 2.45) is 0 Å². The van der Waals surface area contributed by atoms with E-state index in [0.717, 1.165) is 0 Å². The third-order valence-electron chi connectivity index (χ3n) is 4.12. The van der Waals surface area contributed by atoms with Crippen LogP contribution >= 0.6 is 0 Å². The van der Waals surface area contributed by atoms with Crippen molar-refractivity contribution in [2.75, 3.05) is 38.7 Å². The molecule has 0 spiro atoms. The summed E-state index contributed by atoms with van der Waals surface area (Å²) >= 11 is 0. The van der Waals surface area contributed by atoms with Gasteiger partial charge in [0.25, 0.3) is 0 Å². The molecule has 146 valence electrons. The summed E-state index contributed by atoms with van der Waals surface area (Å²) in [4.78, 5) is 13.9. The lowest BCUT2D eigenvalue weighted by atomic mass is 10.3. The Morgan fingerprint density at radius 1 is 1.30 bits per heavy atom. The molecule has 2 aromatic rings. The van der Waals surface area contributed by atoms with E-state index in [2.05, 4.69) is 10.5 Å². The largest absolute Gasteiger partial charge is 0.379 e. The molecular formula is C17H22N4O5S. The smallest absolute Gasteiger partial charge is 0.321 e. The summed E-state index contributed by atoms with van der Waals surface area (Å²) < 4.78 is 37.0. The third-order valence-corrected chi connectivity index (χ3v) is 6.01. The molecule has 1 aromatic heterocycles. The molecule has 9 nitrogen and oxygen atoms in total. The van der Waals surface area contributed by atoms with Crippen LogP contribution in [0.2, 0.25) is 0 Å². The van der Waals surface area contributed by atoms with Gasteiger partial charge >= 0.3 is 6.03 Å². The molecule has 1 saturated heterocycles. The lowest BCUT2D eigenvalue weighted by molar-refractivity contribution is 0.0730. The Kier molecular flexibility index (Phi) is 5.78. The molecule has 10 heteroatoms. The quantitative estimate of drug-likeness (QED) is 0.827. The van der Waals surface area contributed by atoms with Crippen molar-refractivity contribution in [1.82, 2.24) is 14.4 Å². The Labute approximate surface area is 157 Å². The second-order valence-corrected chi connectivity index (χ2v) is 8.20. The van der Waals surface area contributed by atoms with Crippen molar-refractivity contribution >= 4 is 21.7 Å². The number of anilines is 1. The van der Waals surface area contributed by atoms with Crippen LogP contribution in [-0.2, 0) is 21.3 Å². The van der Waals surface area contributed by atoms with Gasteiger partial charge in [-0.25, -0.2) is 13.2 Å². The lowest BCUT2D eigenvalue weighted by Crippen LogP contribution is -2.40. The Morgan fingerprint density at radius 2 is 2.04 bits per heavy atom. The molecule has 2 amide bonds. The zero-order valence-electron chi connectivity index (χ0n) is 15.2. The van der Waals surface area contributed by atoms with Crippen LogP contribution in [0.1, 0.15) is 11.5 Å². The van der Waals surface area contributed by atoms with Crippen LogP contribution in [0.25, 0.3) is 0 Å². The van der Waals surface area contributed by atoms with Gasteiger partial charge in [-0.15, -0.1) is 0 Å². The third kappa shape index (κ3) is 4.65. The number of sulfonamides is 1. The number of aryl methyl sites for hydroxylation is 1. The van der Waals surface area contributed by atoms with E-state index in [1.807, 2.05) is 0 Å². The minimum atomic E-state index is -3.62. The van der Waals surface area contributed by atoms with Crippen molar-refractivity contribution in [3.63, 3.8) is 0 Å². The fourth-order valence-electron chi connectivity index (χ4n) is 2.70. The summed E-state index contributed by atoms with van der Waals surface area (Å²) in [6, 6.07) is 7.59. The summed E-state index contributed by atoms with van der Waals surface area (Å²) in [5.74, 6) is 0.667. The highest BCUT2D eigenvalue weighted by Gasteiger charge is 2.26. The number of aromatic nitrogens is 1. The predicted octanol–water partition coefficient (Wildman–Crippen LogP) is 1.67. The monoisotopic (exact) mass is 394 g/mol. The highest BCUT2D eigenvalue weighted by molar-refractivity contribution is 7.89. The number of urea groups is 1. The zero-order chi connectivity index (χ0) is 19.4. The van der Waals surface area contributed by atoms with Crippen molar-refractivity contribution in [2.45, 2.75) is 18.4 Å². The zero-order valence-corrected chi connectivity index (χ0v) is 16.0. The summed E-state index contributed by atoms with van der Waals surface area (Å²) in [6.07, 6.45) is 0. The fourth-order valence-corrected chi connectivity index (χ4v) is 4.15. The van der Waals surface area contributed by atoms with Gasteiger partial charge in [0.2, 0.25) is 10.0 Å². The highest BCUT2D eigenvalue weighted by Crippen LogP contribution is 2.21. The molecule has 0 saturated carbocycles. The standard InChI is InChI=1S/C17H22N4O5S/c1-13-10-15(19-26-13)12-20(2)17(22)18-14-4-3-5-16(11-14)27(23,24)21-6-8-25-9-7-21/h3-5,10-11H,6-9,12H2,1-2H3,(H,18,22). The molecule has 3 rings (SSSR count). The maximum Gasteiger partial charge on any atom is 0.321 e. The molecule has 1 aliphatic heterocycles. The van der Waals surface area contributed by atoms with Crippen LogP contribution in [0.3, 0.4) is 0 Å². The fraction of sp³-hybridized carbons (Fsp3) is 0.412. The molecule has 2 heterocycles. The maximum atomic E-state index is 12.7. The molecule has 1 N–H and O–H groups in total. The number of rotatable bonds is 5. The lowest BCUT2D eigenvalue weighted by Gasteiger charge is -2.26. The van der Waals surface area contributed by atoms with Gasteiger partial charge in [-0.3, -0.25) is 0 Å². The van der Waals surface area contributed by atoms with Gasteiger partial charge in [0, 0.05) is 31.9 Å². The summed E-state index contributed by atoms with van der Waals surface area (Å²) in [5, 5.41) is 6.56. The Bertz CT molecular complexity index is 906. The number of hydrogen-bond acceptors (Lipinski definition) is 6. The van der Waals surface area contributed by atoms with E-state index in [9.17, 15) is 13.2 Å². The number of benzene rings is 1. The normalized spacial score (nSPS) is 15.5. The van der Waals surface area contributed by atoms with E-state index in [0.29, 0.717) is 43.4 Å². The van der Waals surface area contributed by atoms with Crippen LogP contribution in [0.15, 0.2) is 39.8 Å². The highest BCUT2D eigenvalue weighted by atomic mass is 32.2. The van der Waals surface area contributed by atoms with Crippen LogP contribution in [-0.4, -0.2) is 62.2 Å². The van der Waals surface area contributed by atoms with Crippen molar-refractivity contribution in [1.29, 1.82) is 0 Å². The Hall–Kier alpha value is -2.43. The molecule has 0 bridgehead atoms. The number of carbonyl (C=O) groups is 1. The number of ether oxygens (including phenoxy) is 1. The van der Waals surface area contributed by atoms with Gasteiger partial charge in [0.1, 0.15) is 11.5 Å². The molecule has 1 fully saturated rings. The molecular weight excluding hydrogens is 372 g/mol. The number of amides is 2. The minimum absolute atomic E-state index is 0.136. The van der Waals surface area contributed by atoms with Crippen molar-refractivity contribution < 1.29 is 22.5 Å². The minimum Gasteiger partial charge on any atom is -0.379 e. The van der Waals surface area contributed by atoms with E-state index in [4.69, 9.17) is 9.26 Å². The topological polar surface area (TPSA) is 105 Å². The average molecular weight is 394 g/mol. The van der Waals surface area contributed by atoms with E-state index in [1.165, 1.54) is 21.3 Å². The molecule has 0 radical (unpaired) electrons. The number of hydrogen-bond donors (Lipinski definition) is 1. The molecule has 1 aliphatic rings. The van der Waals surface area contributed by atoms with Crippen LogP contribution in [0, 0.1) is 6.92 Å². The second-order valence-electron chi connectivity index (χ2n) is 6.26. The van der Waals surface area contributed by atoms with Crippen molar-refractivity contribution in [3.8, 4) is 0 Å². The predicted molar refractivity (Wildman–Crippen MR) is 97.7 cm³/mol. The van der Waals surface area contributed by atoms with Crippen molar-refractivity contribution in [3.05, 3.63) is 41.8 Å². The first kappa shape index (κ1) is 19.3. The van der Waals surface area contributed by atoms with Gasteiger partial charge in [-0.05, 0) is 25.1 Å². The molecule has 0 unspecified atom stereocenters. The molecule has 0 aliphatic carbocycles. The summed E-state index contributed by atoms with van der Waals surface area (Å²) in [5.41, 5.74) is 1.03. The van der Waals surface area contributed by atoms with Crippen LogP contribution < -0.4 is 5.32 Å². The first-order valence-electron chi connectivity index (χ1n) is 8.48.